The smallest absolute Gasteiger partial charge is 0.294 e. The Balaban J connectivity index is 1.75. The van der Waals surface area contributed by atoms with Gasteiger partial charge >= 0.3 is 0 Å². The molecule has 0 unspecified atom stereocenters. The lowest BCUT2D eigenvalue weighted by Gasteiger charge is -2.14. The fourth-order valence-corrected chi connectivity index (χ4v) is 4.73. The van der Waals surface area contributed by atoms with Gasteiger partial charge in [0.05, 0.1) is 28.1 Å². The van der Waals surface area contributed by atoms with E-state index >= 15 is 0 Å². The van der Waals surface area contributed by atoms with E-state index in [0.717, 1.165) is 16.7 Å². The van der Waals surface area contributed by atoms with Crippen molar-refractivity contribution in [3.63, 3.8) is 0 Å². The lowest BCUT2D eigenvalue weighted by atomic mass is 10.2. The first-order chi connectivity index (χ1) is 16.8. The monoisotopic (exact) mass is 578 g/mol. The van der Waals surface area contributed by atoms with Crippen molar-refractivity contribution in [2.24, 2.45) is 0 Å². The Morgan fingerprint density at radius 3 is 2.69 bits per heavy atom. The van der Waals surface area contributed by atoms with Crippen LogP contribution in [0, 0.1) is 12.3 Å². The molecule has 0 aromatic heterocycles. The van der Waals surface area contributed by atoms with Crippen LogP contribution in [-0.2, 0) is 9.59 Å². The van der Waals surface area contributed by atoms with Gasteiger partial charge in [0.25, 0.3) is 11.1 Å². The molecule has 0 radical (unpaired) electrons. The summed E-state index contributed by atoms with van der Waals surface area (Å²) < 4.78 is 16.8. The summed E-state index contributed by atoms with van der Waals surface area (Å²) in [5.74, 6) is 2.59. The molecule has 2 aromatic carbocycles. The number of anilines is 1. The third-order valence-electron chi connectivity index (χ3n) is 4.54. The number of carbonyl (C=O) groups excluding carboxylic acids is 3. The van der Waals surface area contributed by atoms with Crippen LogP contribution in [0.1, 0.15) is 12.5 Å². The fourth-order valence-electron chi connectivity index (χ4n) is 3.06. The Morgan fingerprint density at radius 1 is 1.26 bits per heavy atom. The molecule has 1 aliphatic rings. The van der Waals surface area contributed by atoms with Crippen LogP contribution >= 0.6 is 39.3 Å². The summed E-state index contributed by atoms with van der Waals surface area (Å²) in [6.07, 6.45) is 6.82. The predicted molar refractivity (Wildman–Crippen MR) is 139 cm³/mol. The Bertz CT molecular complexity index is 1240. The van der Waals surface area contributed by atoms with Crippen molar-refractivity contribution in [2.75, 3.05) is 32.2 Å². The second kappa shape index (κ2) is 12.0. The molecule has 2 aromatic rings. The van der Waals surface area contributed by atoms with E-state index in [9.17, 15) is 14.4 Å². The number of ether oxygens (including phenoxy) is 3. The molecule has 182 valence electrons. The summed E-state index contributed by atoms with van der Waals surface area (Å²) in [6, 6.07) is 8.09. The maximum absolute atomic E-state index is 12.9. The first-order valence-corrected chi connectivity index (χ1v) is 12.2. The number of terminal acetylenes is 1. The van der Waals surface area contributed by atoms with Gasteiger partial charge in [0, 0.05) is 5.69 Å². The number of thioether (sulfide) groups is 1. The Morgan fingerprint density at radius 2 is 2.03 bits per heavy atom. The first kappa shape index (κ1) is 26.5. The number of amides is 3. The van der Waals surface area contributed by atoms with Gasteiger partial charge in [-0.25, -0.2) is 0 Å². The van der Waals surface area contributed by atoms with E-state index in [1.807, 2.05) is 6.92 Å². The van der Waals surface area contributed by atoms with Gasteiger partial charge in [-0.3, -0.25) is 19.3 Å². The number of imide groups is 1. The Labute approximate surface area is 220 Å². The Hall–Kier alpha value is -3.13. The van der Waals surface area contributed by atoms with Crippen LogP contribution in [0.5, 0.6) is 17.2 Å². The number of carbonyl (C=O) groups is 3. The average Bonchev–Trinajstić information content (AvgIpc) is 3.06. The second-order valence-corrected chi connectivity index (χ2v) is 9.18. The molecule has 3 rings (SSSR count). The zero-order valence-corrected chi connectivity index (χ0v) is 21.9. The van der Waals surface area contributed by atoms with Gasteiger partial charge < -0.3 is 19.5 Å². The Kier molecular flexibility index (Phi) is 9.09. The van der Waals surface area contributed by atoms with Gasteiger partial charge in [0.2, 0.25) is 5.91 Å². The molecule has 35 heavy (non-hydrogen) atoms. The molecule has 0 atom stereocenters. The maximum atomic E-state index is 12.9. The van der Waals surface area contributed by atoms with E-state index in [-0.39, 0.29) is 11.5 Å². The molecule has 0 spiro atoms. The van der Waals surface area contributed by atoms with E-state index in [0.29, 0.717) is 44.6 Å². The lowest BCUT2D eigenvalue weighted by Crippen LogP contribution is -2.36. The van der Waals surface area contributed by atoms with Gasteiger partial charge in [0.1, 0.15) is 18.9 Å². The molecule has 1 fully saturated rings. The van der Waals surface area contributed by atoms with Crippen molar-refractivity contribution in [2.45, 2.75) is 6.92 Å². The number of benzene rings is 2. The number of nitrogens with one attached hydrogen (secondary N) is 1. The normalized spacial score (nSPS) is 14.1. The summed E-state index contributed by atoms with van der Waals surface area (Å²) >= 11 is 10.2. The third kappa shape index (κ3) is 6.51. The topological polar surface area (TPSA) is 94.2 Å². The van der Waals surface area contributed by atoms with Crippen LogP contribution < -0.4 is 19.5 Å². The molecule has 1 saturated heterocycles. The number of hydrogen-bond acceptors (Lipinski definition) is 7. The van der Waals surface area contributed by atoms with E-state index in [1.165, 1.54) is 13.2 Å². The summed E-state index contributed by atoms with van der Waals surface area (Å²) in [5.41, 5.74) is 1.000. The number of hydrogen-bond donors (Lipinski definition) is 1. The predicted octanol–water partition coefficient (Wildman–Crippen LogP) is 5.20. The summed E-state index contributed by atoms with van der Waals surface area (Å²) in [6.45, 7) is 1.81. The lowest BCUT2D eigenvalue weighted by molar-refractivity contribution is -0.127. The van der Waals surface area contributed by atoms with Crippen molar-refractivity contribution < 1.29 is 28.6 Å². The largest absolute Gasteiger partial charge is 0.495 e. The van der Waals surface area contributed by atoms with Crippen molar-refractivity contribution in [3.05, 3.63) is 50.3 Å². The molecular formula is C24H20BrClN2O6S. The zero-order chi connectivity index (χ0) is 25.5. The quantitative estimate of drug-likeness (QED) is 0.322. The van der Waals surface area contributed by atoms with E-state index in [1.54, 1.807) is 30.3 Å². The third-order valence-corrected chi connectivity index (χ3v) is 6.33. The van der Waals surface area contributed by atoms with Crippen LogP contribution in [0.15, 0.2) is 39.7 Å². The van der Waals surface area contributed by atoms with Crippen LogP contribution in [0.3, 0.4) is 0 Å². The van der Waals surface area contributed by atoms with E-state index < -0.39 is 23.6 Å². The van der Waals surface area contributed by atoms with Gasteiger partial charge in [0.15, 0.2) is 11.5 Å². The number of nitrogens with zero attached hydrogens (tertiary/aromatic N) is 1. The first-order valence-electron chi connectivity index (χ1n) is 10.2. The molecule has 0 aliphatic carbocycles. The van der Waals surface area contributed by atoms with Crippen LogP contribution in [-0.4, -0.2) is 48.8 Å². The molecule has 1 N–H and O–H groups in total. The highest BCUT2D eigenvalue weighted by Crippen LogP contribution is 2.39. The molecule has 1 aliphatic heterocycles. The molecule has 3 amide bonds. The number of rotatable bonds is 9. The van der Waals surface area contributed by atoms with Crippen LogP contribution in [0.4, 0.5) is 10.5 Å². The highest BCUT2D eigenvalue weighted by molar-refractivity contribution is 9.10. The highest BCUT2D eigenvalue weighted by Gasteiger charge is 2.36. The van der Waals surface area contributed by atoms with E-state index in [2.05, 4.69) is 27.2 Å². The van der Waals surface area contributed by atoms with Crippen molar-refractivity contribution in [1.82, 2.24) is 4.90 Å². The molecule has 0 saturated carbocycles. The summed E-state index contributed by atoms with van der Waals surface area (Å²) in [5, 5.41) is 2.37. The summed E-state index contributed by atoms with van der Waals surface area (Å²) in [7, 11) is 1.48. The van der Waals surface area contributed by atoms with Gasteiger partial charge in [-0.15, -0.1) is 6.42 Å². The SMILES string of the molecule is C#CCOc1c(Br)cc(/C=C2\SC(=O)N(CC(=O)Nc3ccc(OC)c(Cl)c3)C2=O)cc1OCC. The maximum Gasteiger partial charge on any atom is 0.294 e. The molecule has 8 nitrogen and oxygen atoms in total. The van der Waals surface area contributed by atoms with Crippen molar-refractivity contribution in [3.8, 4) is 29.6 Å². The van der Waals surface area contributed by atoms with Gasteiger partial charge in [-0.05, 0) is 76.6 Å². The fraction of sp³-hybridized carbons (Fsp3) is 0.208. The van der Waals surface area contributed by atoms with Crippen molar-refractivity contribution in [1.29, 1.82) is 0 Å². The minimum Gasteiger partial charge on any atom is -0.495 e. The molecule has 0 bridgehead atoms. The van der Waals surface area contributed by atoms with Crippen LogP contribution in [0.25, 0.3) is 6.08 Å². The zero-order valence-electron chi connectivity index (χ0n) is 18.7. The van der Waals surface area contributed by atoms with Crippen LogP contribution in [0.2, 0.25) is 5.02 Å². The van der Waals surface area contributed by atoms with E-state index in [4.69, 9.17) is 32.2 Å². The van der Waals surface area contributed by atoms with Gasteiger partial charge in [-0.1, -0.05) is 17.5 Å². The minimum atomic E-state index is -0.579. The molecule has 1 heterocycles. The van der Waals surface area contributed by atoms with Crippen molar-refractivity contribution >= 4 is 68.1 Å². The second-order valence-electron chi connectivity index (χ2n) is 6.92. The molecular weight excluding hydrogens is 560 g/mol. The minimum absolute atomic E-state index is 0.0572. The molecule has 11 heteroatoms. The highest BCUT2D eigenvalue weighted by atomic mass is 79.9. The number of methoxy groups -OCH3 is 1. The number of halogens is 2. The van der Waals surface area contributed by atoms with Gasteiger partial charge in [-0.2, -0.15) is 0 Å². The standard InChI is InChI=1S/C24H20BrClN2O6S/c1-4-8-34-22-16(25)9-14(10-19(22)33-5-2)11-20-23(30)28(24(31)35-20)13-21(29)27-15-6-7-18(32-3)17(26)12-15/h1,6-7,9-12H,5,8,13H2,2-3H3,(H,27,29)/b20-11-. The summed E-state index contributed by atoms with van der Waals surface area (Å²) in [4.78, 5) is 38.8. The average molecular weight is 580 g/mol.